The Labute approximate surface area is 260 Å². The van der Waals surface area contributed by atoms with Crippen LogP contribution >= 0.6 is 0 Å². The van der Waals surface area contributed by atoms with E-state index in [1.165, 1.54) is 11.1 Å². The van der Waals surface area contributed by atoms with Crippen LogP contribution in [0.2, 0.25) is 0 Å². The Kier molecular flexibility index (Phi) is 8.33. The van der Waals surface area contributed by atoms with E-state index in [4.69, 9.17) is 9.47 Å². The van der Waals surface area contributed by atoms with Gasteiger partial charge in [0.05, 0.1) is 25.6 Å². The van der Waals surface area contributed by atoms with Gasteiger partial charge in [-0.05, 0) is 109 Å². The van der Waals surface area contributed by atoms with Crippen molar-refractivity contribution in [2.75, 3.05) is 24.0 Å². The molecule has 0 N–H and O–H groups in total. The summed E-state index contributed by atoms with van der Waals surface area (Å²) in [6, 6.07) is 50.8. The summed E-state index contributed by atoms with van der Waals surface area (Å²) in [5.41, 5.74) is 10.9. The average molecular weight is 577 g/mol. The molecule has 218 valence electrons. The number of hydrogen-bond acceptors (Lipinski definition) is 4. The molecular weight excluding hydrogens is 540 g/mol. The van der Waals surface area contributed by atoms with Gasteiger partial charge in [0.25, 0.3) is 0 Å². The van der Waals surface area contributed by atoms with E-state index in [1.807, 2.05) is 24.3 Å². The van der Waals surface area contributed by atoms with Crippen molar-refractivity contribution in [1.82, 2.24) is 0 Å². The summed E-state index contributed by atoms with van der Waals surface area (Å²) in [6.07, 6.45) is 0. The quantitative estimate of drug-likeness (QED) is 0.171. The Bertz CT molecular complexity index is 1700. The van der Waals surface area contributed by atoms with Crippen LogP contribution in [0.15, 0.2) is 146 Å². The predicted octanol–water partition coefficient (Wildman–Crippen LogP) is 10.9. The number of nitrogens with zero attached hydrogens (tertiary/aromatic N) is 2. The van der Waals surface area contributed by atoms with Crippen LogP contribution in [-0.2, 0) is 0 Å². The fourth-order valence-electron chi connectivity index (χ4n) is 5.56. The average Bonchev–Trinajstić information content (AvgIpc) is 3.07. The summed E-state index contributed by atoms with van der Waals surface area (Å²) < 4.78 is 11.6. The van der Waals surface area contributed by atoms with Crippen LogP contribution in [0.25, 0.3) is 11.1 Å². The van der Waals surface area contributed by atoms with Crippen molar-refractivity contribution < 1.29 is 9.47 Å². The van der Waals surface area contributed by atoms with Gasteiger partial charge in [-0.25, -0.2) is 0 Å². The fraction of sp³-hybridized carbons (Fsp3) is 0.100. The van der Waals surface area contributed by atoms with Crippen molar-refractivity contribution >= 4 is 34.1 Å². The fourth-order valence-corrected chi connectivity index (χ4v) is 5.56. The lowest BCUT2D eigenvalue weighted by Crippen LogP contribution is -2.11. The Morgan fingerprint density at radius 3 is 1.07 bits per heavy atom. The number of ether oxygens (including phenoxy) is 2. The highest BCUT2D eigenvalue weighted by Gasteiger charge is 2.19. The van der Waals surface area contributed by atoms with Crippen LogP contribution in [0.3, 0.4) is 0 Å². The zero-order valence-corrected chi connectivity index (χ0v) is 25.6. The number of hydrogen-bond donors (Lipinski definition) is 0. The Morgan fingerprint density at radius 1 is 0.386 bits per heavy atom. The SMILES string of the molecule is COc1ccc(C)cc1N(c1ccccc1)c1ccc(-c2ccc(N(c3ccccc3)c3cc(C)ccc3OC)cc2)cc1. The molecule has 0 bridgehead atoms. The van der Waals surface area contributed by atoms with Gasteiger partial charge in [0.2, 0.25) is 0 Å². The second-order valence-corrected chi connectivity index (χ2v) is 10.8. The lowest BCUT2D eigenvalue weighted by Gasteiger charge is -2.28. The van der Waals surface area contributed by atoms with Gasteiger partial charge in [-0.1, -0.05) is 72.8 Å². The Morgan fingerprint density at radius 2 is 0.727 bits per heavy atom. The van der Waals surface area contributed by atoms with Gasteiger partial charge in [0, 0.05) is 22.7 Å². The van der Waals surface area contributed by atoms with E-state index in [1.54, 1.807) is 14.2 Å². The largest absolute Gasteiger partial charge is 0.495 e. The second-order valence-electron chi connectivity index (χ2n) is 10.8. The van der Waals surface area contributed by atoms with Crippen molar-refractivity contribution in [2.24, 2.45) is 0 Å². The minimum atomic E-state index is 0.826. The molecule has 0 aliphatic carbocycles. The molecule has 0 amide bonds. The first-order valence-corrected chi connectivity index (χ1v) is 14.8. The minimum Gasteiger partial charge on any atom is -0.495 e. The molecule has 44 heavy (non-hydrogen) atoms. The van der Waals surface area contributed by atoms with Crippen LogP contribution < -0.4 is 19.3 Å². The molecule has 6 aromatic rings. The molecule has 0 aliphatic rings. The van der Waals surface area contributed by atoms with E-state index >= 15 is 0 Å². The molecule has 4 heteroatoms. The van der Waals surface area contributed by atoms with E-state index in [0.29, 0.717) is 0 Å². The van der Waals surface area contributed by atoms with Crippen LogP contribution in [-0.4, -0.2) is 14.2 Å². The molecule has 0 fully saturated rings. The molecule has 0 aliphatic heterocycles. The molecule has 0 saturated carbocycles. The van der Waals surface area contributed by atoms with E-state index in [0.717, 1.165) is 56.8 Å². The standard InChI is InChI=1S/C40H36N2O2/c1-29-15-25-39(43-3)37(27-29)41(33-11-7-5-8-12-33)35-21-17-31(18-22-35)32-19-23-36(24-20-32)42(34-13-9-6-10-14-34)38-28-30(2)16-26-40(38)44-4/h5-28H,1-4H3. The number of anilines is 6. The van der Waals surface area contributed by atoms with Crippen molar-refractivity contribution in [2.45, 2.75) is 13.8 Å². The molecule has 0 radical (unpaired) electrons. The highest BCUT2D eigenvalue weighted by Crippen LogP contribution is 2.43. The second kappa shape index (κ2) is 12.8. The lowest BCUT2D eigenvalue weighted by molar-refractivity contribution is 0.416. The van der Waals surface area contributed by atoms with Crippen LogP contribution in [0.1, 0.15) is 11.1 Å². The number of para-hydroxylation sites is 2. The summed E-state index contributed by atoms with van der Waals surface area (Å²) in [5, 5.41) is 0. The van der Waals surface area contributed by atoms with E-state index in [9.17, 15) is 0 Å². The van der Waals surface area contributed by atoms with Crippen LogP contribution in [0.4, 0.5) is 34.1 Å². The third-order valence-corrected chi connectivity index (χ3v) is 7.76. The van der Waals surface area contributed by atoms with Gasteiger partial charge >= 0.3 is 0 Å². The van der Waals surface area contributed by atoms with Crippen molar-refractivity contribution in [3.8, 4) is 22.6 Å². The monoisotopic (exact) mass is 576 g/mol. The molecule has 0 aromatic heterocycles. The summed E-state index contributed by atoms with van der Waals surface area (Å²) in [7, 11) is 3.44. The highest BCUT2D eigenvalue weighted by molar-refractivity contribution is 5.83. The third kappa shape index (κ3) is 5.88. The predicted molar refractivity (Wildman–Crippen MR) is 184 cm³/mol. The highest BCUT2D eigenvalue weighted by atomic mass is 16.5. The van der Waals surface area contributed by atoms with Crippen molar-refractivity contribution in [3.05, 3.63) is 157 Å². The molecule has 6 aromatic carbocycles. The third-order valence-electron chi connectivity index (χ3n) is 7.76. The van der Waals surface area contributed by atoms with Gasteiger partial charge in [-0.15, -0.1) is 0 Å². The van der Waals surface area contributed by atoms with Gasteiger partial charge in [0.15, 0.2) is 0 Å². The Hall–Kier alpha value is -5.48. The zero-order chi connectivity index (χ0) is 30.5. The molecule has 0 atom stereocenters. The molecular formula is C40H36N2O2. The van der Waals surface area contributed by atoms with Gasteiger partial charge in [0.1, 0.15) is 11.5 Å². The molecule has 6 rings (SSSR count). The summed E-state index contributed by atoms with van der Waals surface area (Å²) in [6.45, 7) is 4.21. The number of rotatable bonds is 9. The minimum absolute atomic E-state index is 0.826. The summed E-state index contributed by atoms with van der Waals surface area (Å²) >= 11 is 0. The van der Waals surface area contributed by atoms with Gasteiger partial charge in [-0.2, -0.15) is 0 Å². The number of aryl methyl sites for hydroxylation is 2. The molecule has 0 unspecified atom stereocenters. The number of methoxy groups -OCH3 is 2. The maximum atomic E-state index is 5.78. The Balaban J connectivity index is 1.36. The van der Waals surface area contributed by atoms with Gasteiger partial charge in [-0.3, -0.25) is 0 Å². The zero-order valence-electron chi connectivity index (χ0n) is 25.6. The first kappa shape index (κ1) is 28.6. The summed E-state index contributed by atoms with van der Waals surface area (Å²) in [4.78, 5) is 4.48. The topological polar surface area (TPSA) is 24.9 Å². The molecule has 0 spiro atoms. The van der Waals surface area contributed by atoms with E-state index in [2.05, 4.69) is 145 Å². The molecule has 0 saturated heterocycles. The molecule has 4 nitrogen and oxygen atoms in total. The van der Waals surface area contributed by atoms with Crippen molar-refractivity contribution in [3.63, 3.8) is 0 Å². The first-order chi connectivity index (χ1) is 21.6. The van der Waals surface area contributed by atoms with E-state index in [-0.39, 0.29) is 0 Å². The first-order valence-electron chi connectivity index (χ1n) is 14.8. The van der Waals surface area contributed by atoms with Crippen molar-refractivity contribution in [1.29, 1.82) is 0 Å². The molecule has 0 heterocycles. The van der Waals surface area contributed by atoms with Crippen LogP contribution in [0.5, 0.6) is 11.5 Å². The smallest absolute Gasteiger partial charge is 0.142 e. The maximum absolute atomic E-state index is 5.78. The summed E-state index contributed by atoms with van der Waals surface area (Å²) in [5.74, 6) is 1.65. The lowest BCUT2D eigenvalue weighted by atomic mass is 10.0. The maximum Gasteiger partial charge on any atom is 0.142 e. The van der Waals surface area contributed by atoms with Gasteiger partial charge < -0.3 is 19.3 Å². The number of benzene rings is 6. The normalized spacial score (nSPS) is 10.7. The van der Waals surface area contributed by atoms with Crippen LogP contribution in [0, 0.1) is 13.8 Å². The van der Waals surface area contributed by atoms with E-state index < -0.39 is 0 Å².